The van der Waals surface area contributed by atoms with E-state index < -0.39 is 0 Å². The average molecular weight is 297 g/mol. The maximum absolute atomic E-state index is 5.99. The van der Waals surface area contributed by atoms with Gasteiger partial charge in [-0.05, 0) is 36.9 Å². The van der Waals surface area contributed by atoms with Crippen molar-refractivity contribution in [2.24, 2.45) is 0 Å². The zero-order valence-electron chi connectivity index (χ0n) is 10.5. The molecule has 0 unspecified atom stereocenters. The highest BCUT2D eigenvalue weighted by atomic mass is 35.5. The van der Waals surface area contributed by atoms with Crippen LogP contribution in [0.2, 0.25) is 10.3 Å². The van der Waals surface area contributed by atoms with Gasteiger partial charge in [0.05, 0.1) is 0 Å². The molecule has 0 aliphatic carbocycles. The molecule has 1 aromatic carbocycles. The quantitative estimate of drug-likeness (QED) is 0.855. The molecule has 0 amide bonds. The minimum Gasteiger partial charge on any atom is -0.489 e. The molecule has 2 rings (SSSR count). The summed E-state index contributed by atoms with van der Waals surface area (Å²) in [7, 11) is 1.91. The normalized spacial score (nSPS) is 10.5. The maximum Gasteiger partial charge on any atom is 0.137 e. The first-order chi connectivity index (χ1) is 9.19. The summed E-state index contributed by atoms with van der Waals surface area (Å²) >= 11 is 11.7. The predicted molar refractivity (Wildman–Crippen MR) is 77.8 cm³/mol. The van der Waals surface area contributed by atoms with Gasteiger partial charge in [-0.2, -0.15) is 0 Å². The Morgan fingerprint density at radius 1 is 1.21 bits per heavy atom. The van der Waals surface area contributed by atoms with Crippen LogP contribution in [0.15, 0.2) is 36.4 Å². The molecule has 0 spiro atoms. The molecule has 0 aliphatic heterocycles. The van der Waals surface area contributed by atoms with Gasteiger partial charge < -0.3 is 10.1 Å². The molecule has 3 nitrogen and oxygen atoms in total. The van der Waals surface area contributed by atoms with E-state index in [1.807, 2.05) is 37.4 Å². The summed E-state index contributed by atoms with van der Waals surface area (Å²) in [5, 5.41) is 3.85. The molecule has 0 saturated carbocycles. The lowest BCUT2D eigenvalue weighted by Crippen LogP contribution is -2.05. The van der Waals surface area contributed by atoms with Crippen LogP contribution >= 0.6 is 23.2 Å². The van der Waals surface area contributed by atoms with Gasteiger partial charge in [-0.15, -0.1) is 0 Å². The van der Waals surface area contributed by atoms with Crippen molar-refractivity contribution >= 4 is 23.2 Å². The number of ether oxygens (including phenoxy) is 1. The van der Waals surface area contributed by atoms with E-state index >= 15 is 0 Å². The fourth-order valence-corrected chi connectivity index (χ4v) is 2.06. The molecular formula is C14H14Cl2N2O. The molecule has 0 aliphatic rings. The van der Waals surface area contributed by atoms with Gasteiger partial charge in [-0.1, -0.05) is 35.3 Å². The molecule has 0 atom stereocenters. The van der Waals surface area contributed by atoms with Gasteiger partial charge in [0.15, 0.2) is 0 Å². The topological polar surface area (TPSA) is 34.1 Å². The lowest BCUT2D eigenvalue weighted by atomic mass is 10.2. The molecule has 19 heavy (non-hydrogen) atoms. The summed E-state index contributed by atoms with van der Waals surface area (Å²) < 4.78 is 5.70. The number of nitrogens with one attached hydrogen (secondary N) is 1. The van der Waals surface area contributed by atoms with E-state index in [-0.39, 0.29) is 0 Å². The minimum absolute atomic E-state index is 0.367. The van der Waals surface area contributed by atoms with Crippen molar-refractivity contribution in [3.05, 3.63) is 57.8 Å². The number of hydrogen-bond donors (Lipinski definition) is 1. The Balaban J connectivity index is 2.03. The largest absolute Gasteiger partial charge is 0.489 e. The van der Waals surface area contributed by atoms with Crippen LogP contribution in [0.25, 0.3) is 0 Å². The maximum atomic E-state index is 5.99. The average Bonchev–Trinajstić information content (AvgIpc) is 2.38. The lowest BCUT2D eigenvalue weighted by molar-refractivity contribution is 0.305. The number of halogens is 2. The van der Waals surface area contributed by atoms with E-state index in [1.165, 1.54) is 5.56 Å². The Hall–Kier alpha value is -1.29. The van der Waals surface area contributed by atoms with Crippen LogP contribution in [0.3, 0.4) is 0 Å². The van der Waals surface area contributed by atoms with E-state index in [4.69, 9.17) is 27.9 Å². The third kappa shape index (κ3) is 4.10. The van der Waals surface area contributed by atoms with Crippen molar-refractivity contribution in [3.8, 4) is 5.75 Å². The monoisotopic (exact) mass is 296 g/mol. The summed E-state index contributed by atoms with van der Waals surface area (Å²) in [6, 6.07) is 11.4. The Morgan fingerprint density at radius 3 is 2.79 bits per heavy atom. The number of benzene rings is 1. The molecule has 5 heteroatoms. The van der Waals surface area contributed by atoms with E-state index in [2.05, 4.69) is 10.3 Å². The van der Waals surface area contributed by atoms with Crippen LogP contribution < -0.4 is 10.1 Å². The van der Waals surface area contributed by atoms with Crippen molar-refractivity contribution in [2.75, 3.05) is 7.05 Å². The van der Waals surface area contributed by atoms with Crippen LogP contribution in [0, 0.1) is 0 Å². The zero-order valence-corrected chi connectivity index (χ0v) is 12.0. The van der Waals surface area contributed by atoms with Gasteiger partial charge in [-0.25, -0.2) is 4.98 Å². The number of hydrogen-bond acceptors (Lipinski definition) is 3. The van der Waals surface area contributed by atoms with Crippen molar-refractivity contribution in [2.45, 2.75) is 13.2 Å². The molecule has 2 aromatic rings. The summed E-state index contributed by atoms with van der Waals surface area (Å²) in [5.74, 6) is 0.804. The summed E-state index contributed by atoms with van der Waals surface area (Å²) in [6.45, 7) is 1.17. The highest BCUT2D eigenvalue weighted by Gasteiger charge is 2.04. The van der Waals surface area contributed by atoms with Crippen LogP contribution in [0.4, 0.5) is 0 Å². The summed E-state index contributed by atoms with van der Waals surface area (Å²) in [5.41, 5.74) is 1.98. The second kappa shape index (κ2) is 6.75. The molecule has 0 saturated heterocycles. The molecule has 1 aromatic heterocycles. The van der Waals surface area contributed by atoms with Crippen LogP contribution in [-0.4, -0.2) is 12.0 Å². The first-order valence-corrected chi connectivity index (χ1v) is 6.62. The molecule has 100 valence electrons. The Kier molecular flexibility index (Phi) is 5.02. The Morgan fingerprint density at radius 2 is 2.05 bits per heavy atom. The predicted octanol–water partition coefficient (Wildman–Crippen LogP) is 3.69. The van der Waals surface area contributed by atoms with Crippen LogP contribution in [-0.2, 0) is 13.2 Å². The fraction of sp³-hybridized carbons (Fsp3) is 0.214. The van der Waals surface area contributed by atoms with Crippen LogP contribution in [0.5, 0.6) is 5.75 Å². The minimum atomic E-state index is 0.367. The zero-order chi connectivity index (χ0) is 13.7. The van der Waals surface area contributed by atoms with Crippen molar-refractivity contribution in [3.63, 3.8) is 0 Å². The third-order valence-electron chi connectivity index (χ3n) is 2.57. The molecule has 0 bridgehead atoms. The van der Waals surface area contributed by atoms with Gasteiger partial charge in [0, 0.05) is 12.1 Å². The summed E-state index contributed by atoms with van der Waals surface area (Å²) in [6.07, 6.45) is 0. The summed E-state index contributed by atoms with van der Waals surface area (Å²) in [4.78, 5) is 3.97. The lowest BCUT2D eigenvalue weighted by Gasteiger charge is -2.09. The number of aromatic nitrogens is 1. The molecule has 1 N–H and O–H groups in total. The van der Waals surface area contributed by atoms with Crippen LogP contribution in [0.1, 0.15) is 11.1 Å². The second-order valence-corrected chi connectivity index (χ2v) is 4.80. The molecule has 1 heterocycles. The van der Waals surface area contributed by atoms with Crippen molar-refractivity contribution in [1.82, 2.24) is 10.3 Å². The highest BCUT2D eigenvalue weighted by molar-refractivity contribution is 6.32. The molecular weight excluding hydrogens is 283 g/mol. The highest BCUT2D eigenvalue weighted by Crippen LogP contribution is 2.20. The second-order valence-electron chi connectivity index (χ2n) is 4.05. The molecule has 0 radical (unpaired) electrons. The molecule has 0 fully saturated rings. The smallest absolute Gasteiger partial charge is 0.137 e. The van der Waals surface area contributed by atoms with E-state index in [0.29, 0.717) is 16.9 Å². The van der Waals surface area contributed by atoms with E-state index in [1.54, 1.807) is 6.07 Å². The van der Waals surface area contributed by atoms with Gasteiger partial charge in [0.1, 0.15) is 22.7 Å². The van der Waals surface area contributed by atoms with E-state index in [0.717, 1.165) is 17.9 Å². The van der Waals surface area contributed by atoms with Gasteiger partial charge in [0.25, 0.3) is 0 Å². The number of rotatable bonds is 5. The number of nitrogens with zero attached hydrogens (tertiary/aromatic N) is 1. The Labute approximate surface area is 122 Å². The van der Waals surface area contributed by atoms with Gasteiger partial charge in [-0.3, -0.25) is 0 Å². The van der Waals surface area contributed by atoms with Gasteiger partial charge in [0.2, 0.25) is 0 Å². The van der Waals surface area contributed by atoms with E-state index in [9.17, 15) is 0 Å². The first-order valence-electron chi connectivity index (χ1n) is 5.86. The fourth-order valence-electron chi connectivity index (χ4n) is 1.66. The standard InChI is InChI=1S/C14H14Cl2N2O/c1-17-8-10-3-2-4-12(7-10)19-9-11-5-6-13(15)18-14(11)16/h2-7,17H,8-9H2,1H3. The third-order valence-corrected chi connectivity index (χ3v) is 3.10. The van der Waals surface area contributed by atoms with Crippen molar-refractivity contribution in [1.29, 1.82) is 0 Å². The SMILES string of the molecule is CNCc1cccc(OCc2ccc(Cl)nc2Cl)c1. The first kappa shape index (κ1) is 14.1. The van der Waals surface area contributed by atoms with Gasteiger partial charge >= 0.3 is 0 Å². The van der Waals surface area contributed by atoms with Crippen molar-refractivity contribution < 1.29 is 4.74 Å². The Bertz CT molecular complexity index is 561. The number of pyridine rings is 1.